The first-order valence-electron chi connectivity index (χ1n) is 8.30. The Morgan fingerprint density at radius 3 is 2.79 bits per heavy atom. The molecule has 0 unspecified atom stereocenters. The summed E-state index contributed by atoms with van der Waals surface area (Å²) in [4.78, 5) is 19.0. The Morgan fingerprint density at radius 1 is 1.29 bits per heavy atom. The molecule has 0 amide bonds. The van der Waals surface area contributed by atoms with Crippen molar-refractivity contribution in [2.75, 3.05) is 13.2 Å². The van der Waals surface area contributed by atoms with E-state index in [0.717, 1.165) is 11.1 Å². The van der Waals surface area contributed by atoms with Gasteiger partial charge in [-0.05, 0) is 42.8 Å². The van der Waals surface area contributed by atoms with Gasteiger partial charge < -0.3 is 19.6 Å². The topological polar surface area (TPSA) is 108 Å². The van der Waals surface area contributed by atoms with Crippen LogP contribution in [0.15, 0.2) is 48.2 Å². The zero-order valence-electron chi connectivity index (χ0n) is 14.9. The maximum Gasteiger partial charge on any atom is 0.344 e. The number of carbonyl (C=O) groups is 1. The van der Waals surface area contributed by atoms with Crippen LogP contribution >= 0.6 is 11.6 Å². The summed E-state index contributed by atoms with van der Waals surface area (Å²) in [5, 5.41) is 20.1. The van der Waals surface area contributed by atoms with Crippen molar-refractivity contribution in [2.45, 2.75) is 6.92 Å². The molecule has 2 N–H and O–H groups in total. The summed E-state index contributed by atoms with van der Waals surface area (Å²) in [6.07, 6.45) is 0. The molecule has 7 nitrogen and oxygen atoms in total. The molecule has 0 fully saturated rings. The van der Waals surface area contributed by atoms with Gasteiger partial charge in [0.15, 0.2) is 18.2 Å². The molecule has 1 heterocycles. The van der Waals surface area contributed by atoms with Crippen molar-refractivity contribution in [1.29, 1.82) is 5.26 Å². The smallest absolute Gasteiger partial charge is 0.344 e. The van der Waals surface area contributed by atoms with Gasteiger partial charge in [-0.3, -0.25) is 0 Å². The van der Waals surface area contributed by atoms with Crippen molar-refractivity contribution in [3.8, 4) is 11.8 Å². The molecule has 0 spiro atoms. The first kappa shape index (κ1) is 19.3. The normalized spacial score (nSPS) is 11.6. The van der Waals surface area contributed by atoms with Gasteiger partial charge >= 0.3 is 5.97 Å². The van der Waals surface area contributed by atoms with Crippen LogP contribution < -0.4 is 4.74 Å². The molecule has 28 heavy (non-hydrogen) atoms. The number of aliphatic hydroxyl groups excluding tert-OH is 1. The van der Waals surface area contributed by atoms with Crippen LogP contribution in [0, 0.1) is 18.3 Å². The molecule has 3 aromatic rings. The maximum atomic E-state index is 11.8. The summed E-state index contributed by atoms with van der Waals surface area (Å²) in [6, 6.07) is 14.1. The van der Waals surface area contributed by atoms with Gasteiger partial charge in [0.25, 0.3) is 0 Å². The molecular weight excluding hydrogens is 382 g/mol. The Morgan fingerprint density at radius 2 is 2.07 bits per heavy atom. The lowest BCUT2D eigenvalue weighted by Crippen LogP contribution is -2.16. The Bertz CT molecular complexity index is 1070. The van der Waals surface area contributed by atoms with Crippen LogP contribution in [0.25, 0.3) is 16.6 Å². The van der Waals surface area contributed by atoms with E-state index >= 15 is 0 Å². The van der Waals surface area contributed by atoms with Crippen LogP contribution in [0.2, 0.25) is 5.02 Å². The lowest BCUT2D eigenvalue weighted by molar-refractivity contribution is -0.145. The van der Waals surface area contributed by atoms with Crippen LogP contribution in [-0.2, 0) is 9.53 Å². The summed E-state index contributed by atoms with van der Waals surface area (Å²) in [6.45, 7) is 1.00. The molecule has 0 bridgehead atoms. The van der Waals surface area contributed by atoms with Crippen molar-refractivity contribution in [1.82, 2.24) is 9.97 Å². The number of carbonyl (C=O) groups excluding carboxylic acids is 1. The number of aliphatic hydroxyl groups is 1. The number of rotatable bonds is 6. The van der Waals surface area contributed by atoms with E-state index < -0.39 is 18.3 Å². The quantitative estimate of drug-likeness (QED) is 0.370. The van der Waals surface area contributed by atoms with Gasteiger partial charge in [-0.15, -0.1) is 0 Å². The van der Waals surface area contributed by atoms with Crippen LogP contribution in [0.4, 0.5) is 0 Å². The van der Waals surface area contributed by atoms with E-state index in [4.69, 9.17) is 21.1 Å². The third-order valence-corrected chi connectivity index (χ3v) is 4.31. The molecule has 0 aliphatic rings. The highest BCUT2D eigenvalue weighted by atomic mass is 35.5. The van der Waals surface area contributed by atoms with Crippen molar-refractivity contribution >= 4 is 34.2 Å². The van der Waals surface area contributed by atoms with Crippen LogP contribution in [0.5, 0.6) is 5.75 Å². The number of aromatic nitrogens is 2. The fraction of sp³-hybridized carbons (Fsp3) is 0.150. The molecule has 0 aliphatic heterocycles. The van der Waals surface area contributed by atoms with Gasteiger partial charge in [0.2, 0.25) is 0 Å². The monoisotopic (exact) mass is 397 g/mol. The van der Waals surface area contributed by atoms with Crippen molar-refractivity contribution in [3.05, 3.63) is 64.6 Å². The third-order valence-electron chi connectivity index (χ3n) is 3.88. The number of aromatic amines is 1. The Balaban J connectivity index is 1.62. The predicted molar refractivity (Wildman–Crippen MR) is 104 cm³/mol. The van der Waals surface area contributed by atoms with Gasteiger partial charge in [-0.1, -0.05) is 23.7 Å². The summed E-state index contributed by atoms with van der Waals surface area (Å²) in [5.41, 5.74) is 2.10. The van der Waals surface area contributed by atoms with Gasteiger partial charge in [-0.25, -0.2) is 9.78 Å². The lowest BCUT2D eigenvalue weighted by Gasteiger charge is -2.08. The summed E-state index contributed by atoms with van der Waals surface area (Å²) >= 11 is 5.93. The number of nitrogens with zero attached hydrogens (tertiary/aromatic N) is 2. The number of allylic oxidation sites excluding steroid dienone is 1. The number of benzene rings is 2. The second kappa shape index (κ2) is 8.46. The van der Waals surface area contributed by atoms with E-state index in [0.29, 0.717) is 16.3 Å². The number of halogens is 1. The van der Waals surface area contributed by atoms with E-state index in [1.807, 2.05) is 25.1 Å². The number of nitriles is 1. The predicted octanol–water partition coefficient (Wildman–Crippen LogP) is 3.94. The highest BCUT2D eigenvalue weighted by Crippen LogP contribution is 2.21. The standard InChI is InChI=1S/C20H16ClN3O4/c1-12-8-13(6-7-15(12)21)27-11-19(26)28-10-18(25)14(9-22)20-23-16-4-2-3-5-17(16)24-20/h2-8,25H,10-11H2,1H3,(H,23,24). The molecule has 0 saturated carbocycles. The number of para-hydroxylation sites is 2. The molecule has 0 radical (unpaired) electrons. The summed E-state index contributed by atoms with van der Waals surface area (Å²) in [7, 11) is 0. The van der Waals surface area contributed by atoms with E-state index in [2.05, 4.69) is 9.97 Å². The Kier molecular flexibility index (Phi) is 5.82. The minimum absolute atomic E-state index is 0.0988. The largest absolute Gasteiger partial charge is 0.507 e. The van der Waals surface area contributed by atoms with E-state index in [-0.39, 0.29) is 18.0 Å². The molecule has 3 rings (SSSR count). The minimum atomic E-state index is -0.693. The molecule has 0 aliphatic carbocycles. The average Bonchev–Trinajstić information content (AvgIpc) is 3.11. The maximum absolute atomic E-state index is 11.8. The number of hydrogen-bond acceptors (Lipinski definition) is 6. The SMILES string of the molecule is Cc1cc(OCC(=O)OCC(O)=C(C#N)c2nc3ccccc3[nH]2)ccc1Cl. The molecular formula is C20H16ClN3O4. The minimum Gasteiger partial charge on any atom is -0.507 e. The number of esters is 1. The number of imidazole rings is 1. The lowest BCUT2D eigenvalue weighted by atomic mass is 10.2. The first-order chi connectivity index (χ1) is 13.5. The Labute approximate surface area is 165 Å². The van der Waals surface area contributed by atoms with Gasteiger partial charge in [-0.2, -0.15) is 5.26 Å². The fourth-order valence-corrected chi connectivity index (χ4v) is 2.55. The van der Waals surface area contributed by atoms with E-state index in [1.165, 1.54) is 0 Å². The Hall–Kier alpha value is -3.50. The molecule has 0 atom stereocenters. The highest BCUT2D eigenvalue weighted by Gasteiger charge is 2.15. The molecule has 2 aromatic carbocycles. The van der Waals surface area contributed by atoms with Gasteiger partial charge in [0.05, 0.1) is 11.0 Å². The first-order valence-corrected chi connectivity index (χ1v) is 8.67. The van der Waals surface area contributed by atoms with E-state index in [9.17, 15) is 15.2 Å². The number of nitrogens with one attached hydrogen (secondary N) is 1. The third kappa shape index (κ3) is 4.42. The van der Waals surface area contributed by atoms with Crippen LogP contribution in [0.1, 0.15) is 11.4 Å². The number of H-pyrrole nitrogens is 1. The zero-order chi connectivity index (χ0) is 20.1. The van der Waals surface area contributed by atoms with Gasteiger partial charge in [0.1, 0.15) is 24.0 Å². The fourth-order valence-electron chi connectivity index (χ4n) is 2.44. The molecule has 1 aromatic heterocycles. The number of fused-ring (bicyclic) bond motifs is 1. The van der Waals surface area contributed by atoms with E-state index in [1.54, 1.807) is 30.3 Å². The number of aryl methyl sites for hydroxylation is 1. The average molecular weight is 398 g/mol. The molecule has 0 saturated heterocycles. The highest BCUT2D eigenvalue weighted by molar-refractivity contribution is 6.31. The summed E-state index contributed by atoms with van der Waals surface area (Å²) < 4.78 is 10.3. The zero-order valence-corrected chi connectivity index (χ0v) is 15.7. The second-order valence-electron chi connectivity index (χ2n) is 5.90. The van der Waals surface area contributed by atoms with Crippen LogP contribution in [0.3, 0.4) is 0 Å². The van der Waals surface area contributed by atoms with Crippen molar-refractivity contribution < 1.29 is 19.4 Å². The number of ether oxygens (including phenoxy) is 2. The van der Waals surface area contributed by atoms with Gasteiger partial charge in [0, 0.05) is 5.02 Å². The van der Waals surface area contributed by atoms with Crippen molar-refractivity contribution in [2.24, 2.45) is 0 Å². The second-order valence-corrected chi connectivity index (χ2v) is 6.30. The summed E-state index contributed by atoms with van der Waals surface area (Å²) in [5.74, 6) is -0.429. The number of hydrogen-bond donors (Lipinski definition) is 2. The molecule has 142 valence electrons. The van der Waals surface area contributed by atoms with Crippen LogP contribution in [-0.4, -0.2) is 34.3 Å². The van der Waals surface area contributed by atoms with Crippen molar-refractivity contribution in [3.63, 3.8) is 0 Å². The molecule has 8 heteroatoms.